The summed E-state index contributed by atoms with van der Waals surface area (Å²) in [6.45, 7) is 3.36. The van der Waals surface area contributed by atoms with E-state index in [-0.39, 0.29) is 18.6 Å². The quantitative estimate of drug-likeness (QED) is 0.864. The number of nitrogens with zero attached hydrogens (tertiary/aromatic N) is 1. The molecule has 0 spiro atoms. The van der Waals surface area contributed by atoms with Crippen LogP contribution in [0.2, 0.25) is 10.0 Å². The summed E-state index contributed by atoms with van der Waals surface area (Å²) < 4.78 is 5.61. The Labute approximate surface area is 134 Å². The van der Waals surface area contributed by atoms with Crippen molar-refractivity contribution < 1.29 is 9.53 Å². The smallest absolute Gasteiger partial charge is 0.238 e. The number of benzene rings is 1. The lowest BCUT2D eigenvalue weighted by Gasteiger charge is -2.30. The zero-order chi connectivity index (χ0) is 15.2. The van der Waals surface area contributed by atoms with Crippen molar-refractivity contribution in [3.8, 4) is 0 Å². The van der Waals surface area contributed by atoms with Gasteiger partial charge in [0.1, 0.15) is 0 Å². The Morgan fingerprint density at radius 1 is 1.43 bits per heavy atom. The van der Waals surface area contributed by atoms with Crippen LogP contribution in [0.3, 0.4) is 0 Å². The number of likely N-dealkylation sites (N-methyl/N-ethyl adjacent to an activating group) is 1. The number of morpholine rings is 1. The number of para-hydroxylation sites is 1. The molecule has 116 valence electrons. The summed E-state index contributed by atoms with van der Waals surface area (Å²) >= 11 is 12.0. The van der Waals surface area contributed by atoms with Crippen molar-refractivity contribution in [3.63, 3.8) is 0 Å². The maximum Gasteiger partial charge on any atom is 0.238 e. The number of amides is 1. The molecule has 1 aliphatic heterocycles. The molecule has 1 atom stereocenters. The maximum absolute atomic E-state index is 11.9. The molecule has 5 nitrogen and oxygen atoms in total. The van der Waals surface area contributed by atoms with Gasteiger partial charge in [-0.1, -0.05) is 29.3 Å². The predicted octanol–water partition coefficient (Wildman–Crippen LogP) is 1.85. The van der Waals surface area contributed by atoms with Gasteiger partial charge >= 0.3 is 0 Å². The number of carbonyl (C=O) groups is 1. The van der Waals surface area contributed by atoms with Crippen molar-refractivity contribution in [1.29, 1.82) is 0 Å². The van der Waals surface area contributed by atoms with Crippen molar-refractivity contribution in [2.45, 2.75) is 6.10 Å². The number of hydrogen-bond acceptors (Lipinski definition) is 4. The van der Waals surface area contributed by atoms with Crippen molar-refractivity contribution in [2.24, 2.45) is 0 Å². The first kappa shape index (κ1) is 16.5. The Morgan fingerprint density at radius 3 is 2.81 bits per heavy atom. The lowest BCUT2D eigenvalue weighted by atomic mass is 10.3. The molecule has 1 heterocycles. The Hall–Kier alpha value is -0.850. The molecule has 0 radical (unpaired) electrons. The minimum absolute atomic E-state index is 0.112. The second-order valence-electron chi connectivity index (χ2n) is 5.03. The lowest BCUT2D eigenvalue weighted by Crippen LogP contribution is -2.45. The molecule has 1 amide bonds. The highest BCUT2D eigenvalue weighted by atomic mass is 35.5. The van der Waals surface area contributed by atoms with E-state index >= 15 is 0 Å². The Bertz CT molecular complexity index is 479. The van der Waals surface area contributed by atoms with E-state index in [2.05, 4.69) is 22.6 Å². The first-order valence-electron chi connectivity index (χ1n) is 6.81. The largest absolute Gasteiger partial charge is 0.374 e. The molecule has 0 aromatic heterocycles. The zero-order valence-corrected chi connectivity index (χ0v) is 13.4. The fourth-order valence-electron chi connectivity index (χ4n) is 2.14. The number of halogens is 2. The topological polar surface area (TPSA) is 53.6 Å². The minimum Gasteiger partial charge on any atom is -0.374 e. The van der Waals surface area contributed by atoms with Crippen molar-refractivity contribution in [3.05, 3.63) is 28.2 Å². The van der Waals surface area contributed by atoms with Crippen LogP contribution in [0.15, 0.2) is 18.2 Å². The predicted molar refractivity (Wildman–Crippen MR) is 85.2 cm³/mol. The number of carbonyl (C=O) groups excluding carboxylic acids is 1. The molecular formula is C14H19Cl2N3O2. The van der Waals surface area contributed by atoms with Gasteiger partial charge < -0.3 is 20.3 Å². The summed E-state index contributed by atoms with van der Waals surface area (Å²) in [5.41, 5.74) is 0.446. The molecule has 1 aliphatic rings. The van der Waals surface area contributed by atoms with E-state index in [1.807, 2.05) is 0 Å². The van der Waals surface area contributed by atoms with Crippen LogP contribution in [0.4, 0.5) is 5.69 Å². The average molecular weight is 332 g/mol. The van der Waals surface area contributed by atoms with E-state index in [0.717, 1.165) is 19.7 Å². The van der Waals surface area contributed by atoms with Crippen molar-refractivity contribution in [2.75, 3.05) is 45.2 Å². The molecule has 0 saturated carbocycles. The average Bonchev–Trinajstić information content (AvgIpc) is 2.43. The third kappa shape index (κ3) is 5.13. The van der Waals surface area contributed by atoms with Crippen molar-refractivity contribution in [1.82, 2.24) is 10.2 Å². The highest BCUT2D eigenvalue weighted by Gasteiger charge is 2.17. The SMILES string of the molecule is CN1CCOC(CNCC(=O)Nc2c(Cl)cccc2Cl)C1. The highest BCUT2D eigenvalue weighted by molar-refractivity contribution is 6.39. The number of ether oxygens (including phenoxy) is 1. The van der Waals surface area contributed by atoms with Crippen LogP contribution in [-0.2, 0) is 9.53 Å². The normalized spacial score (nSPS) is 19.5. The molecule has 1 aromatic carbocycles. The van der Waals surface area contributed by atoms with E-state index in [1.54, 1.807) is 18.2 Å². The van der Waals surface area contributed by atoms with Gasteiger partial charge in [-0.05, 0) is 19.2 Å². The van der Waals surface area contributed by atoms with Gasteiger partial charge in [-0.2, -0.15) is 0 Å². The summed E-state index contributed by atoms with van der Waals surface area (Å²) in [6.07, 6.45) is 0.112. The molecule has 1 fully saturated rings. The van der Waals surface area contributed by atoms with Crippen LogP contribution in [-0.4, -0.2) is 56.7 Å². The molecule has 2 rings (SSSR count). The number of anilines is 1. The Balaban J connectivity index is 1.75. The van der Waals surface area contributed by atoms with Gasteiger partial charge in [-0.25, -0.2) is 0 Å². The van der Waals surface area contributed by atoms with Crippen LogP contribution < -0.4 is 10.6 Å². The van der Waals surface area contributed by atoms with E-state index < -0.39 is 0 Å². The third-order valence-corrected chi connectivity index (χ3v) is 3.86. The van der Waals surface area contributed by atoms with Gasteiger partial charge in [0.2, 0.25) is 5.91 Å². The van der Waals surface area contributed by atoms with Gasteiger partial charge in [0.15, 0.2) is 0 Å². The van der Waals surface area contributed by atoms with Gasteiger partial charge in [0.05, 0.1) is 35.0 Å². The summed E-state index contributed by atoms with van der Waals surface area (Å²) in [7, 11) is 2.06. The van der Waals surface area contributed by atoms with Crippen LogP contribution >= 0.6 is 23.2 Å². The third-order valence-electron chi connectivity index (χ3n) is 3.23. The second-order valence-corrected chi connectivity index (χ2v) is 5.85. The first-order chi connectivity index (χ1) is 10.1. The molecule has 21 heavy (non-hydrogen) atoms. The number of rotatable bonds is 5. The van der Waals surface area contributed by atoms with Crippen LogP contribution in [0.5, 0.6) is 0 Å². The summed E-state index contributed by atoms with van der Waals surface area (Å²) in [5.74, 6) is -0.186. The Morgan fingerprint density at radius 2 is 2.14 bits per heavy atom. The Kier molecular flexibility index (Phi) is 6.26. The fourth-order valence-corrected chi connectivity index (χ4v) is 2.63. The fraction of sp³-hybridized carbons (Fsp3) is 0.500. The molecule has 0 aliphatic carbocycles. The van der Waals surface area contributed by atoms with Gasteiger partial charge in [-0.3, -0.25) is 4.79 Å². The van der Waals surface area contributed by atoms with Gasteiger partial charge in [0, 0.05) is 19.6 Å². The first-order valence-corrected chi connectivity index (χ1v) is 7.56. The lowest BCUT2D eigenvalue weighted by molar-refractivity contribution is -0.115. The second kappa shape index (κ2) is 7.96. The van der Waals surface area contributed by atoms with Crippen LogP contribution in [0, 0.1) is 0 Å². The molecule has 1 aromatic rings. The van der Waals surface area contributed by atoms with Crippen LogP contribution in [0.25, 0.3) is 0 Å². The molecular weight excluding hydrogens is 313 g/mol. The summed E-state index contributed by atoms with van der Waals surface area (Å²) in [6, 6.07) is 5.10. The van der Waals surface area contributed by atoms with E-state index in [4.69, 9.17) is 27.9 Å². The monoisotopic (exact) mass is 331 g/mol. The van der Waals surface area contributed by atoms with Gasteiger partial charge in [-0.15, -0.1) is 0 Å². The molecule has 7 heteroatoms. The van der Waals surface area contributed by atoms with Crippen LogP contribution in [0.1, 0.15) is 0 Å². The van der Waals surface area contributed by atoms with E-state index in [0.29, 0.717) is 22.3 Å². The summed E-state index contributed by atoms with van der Waals surface area (Å²) in [5, 5.41) is 6.64. The number of hydrogen-bond donors (Lipinski definition) is 2. The summed E-state index contributed by atoms with van der Waals surface area (Å²) in [4.78, 5) is 14.1. The molecule has 1 unspecified atom stereocenters. The standard InChI is InChI=1S/C14H19Cl2N3O2/c1-19-5-6-21-10(9-19)7-17-8-13(20)18-14-11(15)3-2-4-12(14)16/h2-4,10,17H,5-9H2,1H3,(H,18,20). The minimum atomic E-state index is -0.186. The van der Waals surface area contributed by atoms with E-state index in [1.165, 1.54) is 0 Å². The van der Waals surface area contributed by atoms with E-state index in [9.17, 15) is 4.79 Å². The maximum atomic E-state index is 11.9. The molecule has 0 bridgehead atoms. The molecule has 1 saturated heterocycles. The van der Waals surface area contributed by atoms with Gasteiger partial charge in [0.25, 0.3) is 0 Å². The van der Waals surface area contributed by atoms with Crippen molar-refractivity contribution >= 4 is 34.8 Å². The number of nitrogens with one attached hydrogen (secondary N) is 2. The zero-order valence-electron chi connectivity index (χ0n) is 11.9. The molecule has 2 N–H and O–H groups in total. The highest BCUT2D eigenvalue weighted by Crippen LogP contribution is 2.29.